The van der Waals surface area contributed by atoms with Crippen molar-refractivity contribution in [3.63, 3.8) is 0 Å². The number of thiophene rings is 1. The zero-order valence-corrected chi connectivity index (χ0v) is 19.2. The summed E-state index contributed by atoms with van der Waals surface area (Å²) in [6.45, 7) is 0. The molecule has 0 amide bonds. The van der Waals surface area contributed by atoms with Crippen LogP contribution in [0, 0.1) is 0 Å². The minimum atomic E-state index is -0.439. The number of hydrogen-bond donors (Lipinski definition) is 0. The van der Waals surface area contributed by atoms with E-state index in [1.807, 2.05) is 72.8 Å². The van der Waals surface area contributed by atoms with Gasteiger partial charge in [-0.3, -0.25) is 0 Å². The third-order valence-electron chi connectivity index (χ3n) is 6.23. The molecule has 7 rings (SSSR count). The Morgan fingerprint density at radius 1 is 0.486 bits per heavy atom. The second-order valence-corrected chi connectivity index (χ2v) is 9.29. The van der Waals surface area contributed by atoms with E-state index in [9.17, 15) is 0 Å². The fourth-order valence-electron chi connectivity index (χ4n) is 4.78. The molecule has 0 atom stereocenters. The van der Waals surface area contributed by atoms with Crippen LogP contribution in [0.3, 0.4) is 0 Å². The van der Waals surface area contributed by atoms with Gasteiger partial charge in [-0.15, -0.1) is 11.3 Å². The molecule has 1 heterocycles. The summed E-state index contributed by atoms with van der Waals surface area (Å²) < 4.78 is 84.1. The van der Waals surface area contributed by atoms with Crippen molar-refractivity contribution in [2.24, 2.45) is 0 Å². The molecule has 35 heavy (non-hydrogen) atoms. The lowest BCUT2D eigenvalue weighted by molar-refractivity contribution is 1.66. The first-order valence-electron chi connectivity index (χ1n) is 16.1. The molecule has 0 unspecified atom stereocenters. The van der Waals surface area contributed by atoms with Crippen LogP contribution in [-0.2, 0) is 0 Å². The summed E-state index contributed by atoms with van der Waals surface area (Å²) in [5.41, 5.74) is 2.68. The summed E-state index contributed by atoms with van der Waals surface area (Å²) in [7, 11) is 0. The molecule has 7 aromatic rings. The Morgan fingerprint density at radius 2 is 1.00 bits per heavy atom. The summed E-state index contributed by atoms with van der Waals surface area (Å²) >= 11 is 1.36. The Morgan fingerprint density at radius 3 is 1.57 bits per heavy atom. The fraction of sp³-hybridized carbons (Fsp3) is 0. The first-order chi connectivity index (χ1) is 21.5. The highest BCUT2D eigenvalue weighted by Gasteiger charge is 2.16. The van der Waals surface area contributed by atoms with Gasteiger partial charge in [-0.25, -0.2) is 0 Å². The third kappa shape index (κ3) is 3.36. The van der Waals surface area contributed by atoms with Gasteiger partial charge in [0.25, 0.3) is 0 Å². The zero-order chi connectivity index (χ0) is 31.9. The smallest absolute Gasteiger partial charge is 0.0630 e. The standard InChI is InChI=1S/C34H22S/c1-3-11-23(12-4-1)32-22-26-21-25(19-20-31(26)35-32)34-29-17-9-7-15-27(29)33(24-13-5-2-6-14-24)28-16-8-10-18-30(28)34/h1-22H/i1D,2D,3D,4D,5D,6D,11D,12D,13D,14D. The zero-order valence-electron chi connectivity index (χ0n) is 28.3. The summed E-state index contributed by atoms with van der Waals surface area (Å²) in [5, 5.41) is 4.03. The lowest BCUT2D eigenvalue weighted by Crippen LogP contribution is -1.90. The second kappa shape index (κ2) is 8.23. The van der Waals surface area contributed by atoms with Crippen molar-refractivity contribution in [3.8, 4) is 32.7 Å². The maximum absolute atomic E-state index is 8.74. The third-order valence-corrected chi connectivity index (χ3v) is 7.37. The van der Waals surface area contributed by atoms with Crippen LogP contribution >= 0.6 is 11.3 Å². The molecule has 1 aromatic heterocycles. The summed E-state index contributed by atoms with van der Waals surface area (Å²) in [5.74, 6) is 0. The Balaban J connectivity index is 1.52. The van der Waals surface area contributed by atoms with Crippen molar-refractivity contribution in [1.29, 1.82) is 0 Å². The van der Waals surface area contributed by atoms with Gasteiger partial charge in [0.05, 0.1) is 13.7 Å². The van der Waals surface area contributed by atoms with Crippen LogP contribution in [0.1, 0.15) is 13.7 Å². The average Bonchev–Trinajstić information content (AvgIpc) is 3.47. The van der Waals surface area contributed by atoms with E-state index in [4.69, 9.17) is 13.7 Å². The molecule has 0 aliphatic carbocycles. The lowest BCUT2D eigenvalue weighted by Gasteiger charge is -2.17. The molecular weight excluding hydrogens is 440 g/mol. The monoisotopic (exact) mass is 472 g/mol. The first-order valence-corrected chi connectivity index (χ1v) is 11.9. The van der Waals surface area contributed by atoms with Crippen molar-refractivity contribution in [2.75, 3.05) is 0 Å². The normalized spacial score (nSPS) is 15.4. The quantitative estimate of drug-likeness (QED) is 0.224. The Bertz CT molecular complexity index is 2280. The van der Waals surface area contributed by atoms with Crippen molar-refractivity contribution in [1.82, 2.24) is 0 Å². The van der Waals surface area contributed by atoms with E-state index in [0.29, 0.717) is 10.4 Å². The van der Waals surface area contributed by atoms with Crippen molar-refractivity contribution in [2.45, 2.75) is 0 Å². The fourth-order valence-corrected chi connectivity index (χ4v) is 5.78. The Hall–Kier alpha value is -4.20. The molecule has 0 fully saturated rings. The summed E-state index contributed by atoms with van der Waals surface area (Å²) in [4.78, 5) is 0.574. The largest absolute Gasteiger partial charge is 0.135 e. The maximum Gasteiger partial charge on any atom is 0.0630 e. The molecule has 0 bridgehead atoms. The van der Waals surface area contributed by atoms with E-state index in [2.05, 4.69) is 0 Å². The van der Waals surface area contributed by atoms with Gasteiger partial charge in [0, 0.05) is 9.58 Å². The molecule has 0 saturated heterocycles. The van der Waals surface area contributed by atoms with E-state index in [1.54, 1.807) is 0 Å². The van der Waals surface area contributed by atoms with Gasteiger partial charge < -0.3 is 0 Å². The molecule has 0 saturated carbocycles. The topological polar surface area (TPSA) is 0 Å². The minimum absolute atomic E-state index is 0.150. The molecule has 0 N–H and O–H groups in total. The lowest BCUT2D eigenvalue weighted by atomic mass is 9.86. The van der Waals surface area contributed by atoms with Crippen molar-refractivity contribution in [3.05, 3.63) is 133 Å². The summed E-state index contributed by atoms with van der Waals surface area (Å²) in [6.07, 6.45) is 0. The van der Waals surface area contributed by atoms with Crippen LogP contribution in [0.5, 0.6) is 0 Å². The average molecular weight is 473 g/mol. The SMILES string of the molecule is [2H]c1c([2H])c([2H])c(-c2cc3cc(-c4c5ccccc5c(-c5c([2H])c([2H])c([2H])c([2H])c5[2H])c5ccccc45)ccc3s2)c([2H])c1[2H]. The highest BCUT2D eigenvalue weighted by molar-refractivity contribution is 7.22. The van der Waals surface area contributed by atoms with E-state index in [1.165, 1.54) is 11.3 Å². The van der Waals surface area contributed by atoms with Crippen molar-refractivity contribution < 1.29 is 13.7 Å². The van der Waals surface area contributed by atoms with Gasteiger partial charge in [0.15, 0.2) is 0 Å². The number of rotatable bonds is 3. The number of hydrogen-bond acceptors (Lipinski definition) is 1. The molecule has 6 aromatic carbocycles. The molecule has 0 aliphatic heterocycles. The maximum atomic E-state index is 8.74. The molecule has 1 heteroatoms. The Labute approximate surface area is 222 Å². The first kappa shape index (κ1) is 12.5. The van der Waals surface area contributed by atoms with Crippen LogP contribution in [0.4, 0.5) is 0 Å². The van der Waals surface area contributed by atoms with Gasteiger partial charge in [0.2, 0.25) is 0 Å². The highest BCUT2D eigenvalue weighted by atomic mass is 32.1. The Kier molecular flexibility index (Phi) is 2.94. The van der Waals surface area contributed by atoms with E-state index in [0.717, 1.165) is 42.8 Å². The van der Waals surface area contributed by atoms with Crippen LogP contribution < -0.4 is 0 Å². The van der Waals surface area contributed by atoms with Gasteiger partial charge in [-0.2, -0.15) is 0 Å². The minimum Gasteiger partial charge on any atom is -0.135 e. The number of benzene rings is 6. The highest BCUT2D eigenvalue weighted by Crippen LogP contribution is 2.44. The van der Waals surface area contributed by atoms with Crippen LogP contribution in [0.2, 0.25) is 0 Å². The molecular formula is C34H22S. The van der Waals surface area contributed by atoms with Gasteiger partial charge in [-0.1, -0.05) is 115 Å². The summed E-state index contributed by atoms with van der Waals surface area (Å²) in [6, 6.07) is 19.7. The molecule has 0 aliphatic rings. The van der Waals surface area contributed by atoms with Crippen LogP contribution in [0.25, 0.3) is 64.3 Å². The van der Waals surface area contributed by atoms with E-state index in [-0.39, 0.29) is 59.5 Å². The van der Waals surface area contributed by atoms with Gasteiger partial charge in [0.1, 0.15) is 0 Å². The number of fused-ring (bicyclic) bond motifs is 3. The molecule has 0 nitrogen and oxygen atoms in total. The molecule has 0 radical (unpaired) electrons. The van der Waals surface area contributed by atoms with Gasteiger partial charge in [-0.05, 0) is 72.9 Å². The molecule has 0 spiro atoms. The molecule has 164 valence electrons. The van der Waals surface area contributed by atoms with Crippen molar-refractivity contribution >= 4 is 43.0 Å². The predicted octanol–water partition coefficient (Wildman–Crippen LogP) is 10.2. The van der Waals surface area contributed by atoms with Crippen LogP contribution in [0.15, 0.2) is 133 Å². The van der Waals surface area contributed by atoms with Gasteiger partial charge >= 0.3 is 0 Å². The predicted molar refractivity (Wildman–Crippen MR) is 153 cm³/mol. The second-order valence-electron chi connectivity index (χ2n) is 8.20. The van der Waals surface area contributed by atoms with E-state index < -0.39 is 12.1 Å². The van der Waals surface area contributed by atoms with E-state index >= 15 is 0 Å². The van der Waals surface area contributed by atoms with Crippen LogP contribution in [-0.4, -0.2) is 0 Å².